The van der Waals surface area contributed by atoms with Crippen LogP contribution in [0.3, 0.4) is 0 Å². The number of amides is 1. The first kappa shape index (κ1) is 21.8. The largest absolute Gasteiger partial charge is 0.496 e. The van der Waals surface area contributed by atoms with E-state index in [1.165, 1.54) is 17.4 Å². The number of benzene rings is 3. The minimum Gasteiger partial charge on any atom is -0.496 e. The number of carbonyl (C=O) groups is 1. The maximum Gasteiger partial charge on any atom is 0.248 e. The van der Waals surface area contributed by atoms with Gasteiger partial charge in [0.25, 0.3) is 0 Å². The van der Waals surface area contributed by atoms with E-state index in [2.05, 4.69) is 26.2 Å². The summed E-state index contributed by atoms with van der Waals surface area (Å²) in [7, 11) is 1.58. The number of nitrogens with one attached hydrogen (secondary N) is 1. The molecule has 4 nitrogen and oxygen atoms in total. The maximum atomic E-state index is 12.7. The molecule has 0 aliphatic carbocycles. The molecule has 0 aliphatic heterocycles. The third-order valence-electron chi connectivity index (χ3n) is 4.43. The Labute approximate surface area is 201 Å². The highest BCUT2D eigenvalue weighted by atomic mass is 79.9. The second kappa shape index (κ2) is 9.40. The van der Waals surface area contributed by atoms with Gasteiger partial charge in [0, 0.05) is 26.7 Å². The zero-order valence-electron chi connectivity index (χ0n) is 16.2. The minimum atomic E-state index is -0.339. The number of fused-ring (bicyclic) bond motifs is 1. The first-order chi connectivity index (χ1) is 14.9. The molecule has 0 radical (unpaired) electrons. The Morgan fingerprint density at radius 3 is 2.74 bits per heavy atom. The standard InChI is InChI=1S/C23H15BrCl2N2O2S/c1-30-19-8-7-14(24)10-13(19)6-9-21(29)28-22-16(11-15(25)12-17(22)26)23-27-18-4-2-3-5-20(18)31-23/h2-12H,1H3,(H,28,29)/b9-6+. The fourth-order valence-corrected chi connectivity index (χ4v) is 4.93. The molecule has 0 fully saturated rings. The molecule has 0 saturated heterocycles. The molecule has 0 bridgehead atoms. The minimum absolute atomic E-state index is 0.337. The molecule has 4 aromatic rings. The molecule has 4 rings (SSSR count). The topological polar surface area (TPSA) is 51.2 Å². The highest BCUT2D eigenvalue weighted by Gasteiger charge is 2.16. The predicted octanol–water partition coefficient (Wildman–Crippen LogP) is 7.69. The van der Waals surface area contributed by atoms with Crippen LogP contribution in [0, 0.1) is 0 Å². The Morgan fingerprint density at radius 1 is 1.16 bits per heavy atom. The van der Waals surface area contributed by atoms with Crippen LogP contribution in [-0.2, 0) is 4.79 Å². The summed E-state index contributed by atoms with van der Waals surface area (Å²) in [4.78, 5) is 17.4. The zero-order chi connectivity index (χ0) is 22.0. The Balaban J connectivity index is 1.67. The number of ether oxygens (including phenoxy) is 1. The zero-order valence-corrected chi connectivity index (χ0v) is 20.1. The number of halogens is 3. The molecule has 0 spiro atoms. The summed E-state index contributed by atoms with van der Waals surface area (Å²) in [5.41, 5.74) is 2.76. The third kappa shape index (κ3) is 4.93. The van der Waals surface area contributed by atoms with Crippen LogP contribution in [0.4, 0.5) is 5.69 Å². The Hall–Kier alpha value is -2.38. The lowest BCUT2D eigenvalue weighted by Crippen LogP contribution is -2.09. The van der Waals surface area contributed by atoms with Gasteiger partial charge in [0.2, 0.25) is 5.91 Å². The summed E-state index contributed by atoms with van der Waals surface area (Å²) in [6.07, 6.45) is 3.11. The van der Waals surface area contributed by atoms with Crippen molar-refractivity contribution in [1.82, 2.24) is 4.98 Å². The van der Waals surface area contributed by atoms with Crippen LogP contribution < -0.4 is 10.1 Å². The van der Waals surface area contributed by atoms with Crippen molar-refractivity contribution in [1.29, 1.82) is 0 Å². The van der Waals surface area contributed by atoms with Crippen molar-refractivity contribution in [3.63, 3.8) is 0 Å². The second-order valence-electron chi connectivity index (χ2n) is 6.51. The summed E-state index contributed by atoms with van der Waals surface area (Å²) in [5.74, 6) is 0.320. The van der Waals surface area contributed by atoms with E-state index in [1.807, 2.05) is 42.5 Å². The summed E-state index contributed by atoms with van der Waals surface area (Å²) < 4.78 is 7.26. The lowest BCUT2D eigenvalue weighted by molar-refractivity contribution is -0.111. The summed E-state index contributed by atoms with van der Waals surface area (Å²) in [5, 5.41) is 4.39. The van der Waals surface area contributed by atoms with Crippen LogP contribution in [-0.4, -0.2) is 18.0 Å². The van der Waals surface area contributed by atoms with Gasteiger partial charge in [0.1, 0.15) is 10.8 Å². The molecular formula is C23H15BrCl2N2O2S. The van der Waals surface area contributed by atoms with Crippen molar-refractivity contribution < 1.29 is 9.53 Å². The number of thiazole rings is 1. The highest BCUT2D eigenvalue weighted by molar-refractivity contribution is 9.10. The number of methoxy groups -OCH3 is 1. The average molecular weight is 534 g/mol. The van der Waals surface area contributed by atoms with Gasteiger partial charge < -0.3 is 10.1 Å². The van der Waals surface area contributed by atoms with Crippen LogP contribution >= 0.6 is 50.5 Å². The monoisotopic (exact) mass is 532 g/mol. The van der Waals surface area contributed by atoms with Gasteiger partial charge in [0.15, 0.2) is 0 Å². The molecule has 0 unspecified atom stereocenters. The number of carbonyl (C=O) groups excluding carboxylic acids is 1. The predicted molar refractivity (Wildman–Crippen MR) is 133 cm³/mol. The van der Waals surface area contributed by atoms with E-state index in [0.717, 1.165) is 25.3 Å². The number of nitrogens with zero attached hydrogens (tertiary/aromatic N) is 1. The second-order valence-corrected chi connectivity index (χ2v) is 9.30. The molecule has 1 N–H and O–H groups in total. The van der Waals surface area contributed by atoms with Gasteiger partial charge in [-0.05, 0) is 48.5 Å². The Kier molecular flexibility index (Phi) is 6.62. The third-order valence-corrected chi connectivity index (χ3v) is 6.51. The van der Waals surface area contributed by atoms with Crippen molar-refractivity contribution in [3.05, 3.63) is 80.8 Å². The first-order valence-corrected chi connectivity index (χ1v) is 11.5. The van der Waals surface area contributed by atoms with Crippen LogP contribution in [0.1, 0.15) is 5.56 Å². The maximum absolute atomic E-state index is 12.7. The number of aromatic nitrogens is 1. The molecule has 1 aromatic heterocycles. The quantitative estimate of drug-likeness (QED) is 0.267. The van der Waals surface area contributed by atoms with Crippen molar-refractivity contribution in [2.24, 2.45) is 0 Å². The van der Waals surface area contributed by atoms with Gasteiger partial charge in [-0.25, -0.2) is 4.98 Å². The molecular weight excluding hydrogens is 519 g/mol. The molecule has 1 amide bonds. The number of para-hydroxylation sites is 1. The van der Waals surface area contributed by atoms with Gasteiger partial charge >= 0.3 is 0 Å². The summed E-state index contributed by atoms with van der Waals surface area (Å²) >= 11 is 17.6. The van der Waals surface area contributed by atoms with E-state index < -0.39 is 0 Å². The molecule has 8 heteroatoms. The number of anilines is 1. The van der Waals surface area contributed by atoms with Gasteiger partial charge in [-0.3, -0.25) is 4.79 Å². The fraction of sp³-hybridized carbons (Fsp3) is 0.0435. The number of hydrogen-bond donors (Lipinski definition) is 1. The van der Waals surface area contributed by atoms with Crippen molar-refractivity contribution in [2.75, 3.05) is 12.4 Å². The van der Waals surface area contributed by atoms with E-state index in [9.17, 15) is 4.79 Å². The van der Waals surface area contributed by atoms with E-state index in [4.69, 9.17) is 27.9 Å². The Bertz CT molecular complexity index is 1290. The SMILES string of the molecule is COc1ccc(Br)cc1/C=C/C(=O)Nc1c(Cl)cc(Cl)cc1-c1nc2ccccc2s1. The van der Waals surface area contributed by atoms with Gasteiger partial charge in [0.05, 0.1) is 28.0 Å². The van der Waals surface area contributed by atoms with Crippen LogP contribution in [0.5, 0.6) is 5.75 Å². The average Bonchev–Trinajstić information content (AvgIpc) is 3.18. The van der Waals surface area contributed by atoms with Crippen molar-refractivity contribution >= 4 is 78.4 Å². The Morgan fingerprint density at radius 2 is 1.97 bits per heavy atom. The van der Waals surface area contributed by atoms with Crippen LogP contribution in [0.2, 0.25) is 10.0 Å². The van der Waals surface area contributed by atoms with Crippen LogP contribution in [0.25, 0.3) is 26.9 Å². The first-order valence-electron chi connectivity index (χ1n) is 9.12. The molecule has 0 aliphatic rings. The summed E-state index contributed by atoms with van der Waals surface area (Å²) in [6, 6.07) is 16.7. The van der Waals surface area contributed by atoms with E-state index >= 15 is 0 Å². The molecule has 3 aromatic carbocycles. The fourth-order valence-electron chi connectivity index (χ4n) is 3.02. The smallest absolute Gasteiger partial charge is 0.248 e. The highest BCUT2D eigenvalue weighted by Crippen LogP contribution is 2.40. The van der Waals surface area contributed by atoms with Gasteiger partial charge in [-0.2, -0.15) is 0 Å². The van der Waals surface area contributed by atoms with E-state index in [1.54, 1.807) is 25.3 Å². The van der Waals surface area contributed by atoms with E-state index in [0.29, 0.717) is 27.0 Å². The molecule has 1 heterocycles. The lowest BCUT2D eigenvalue weighted by atomic mass is 10.1. The van der Waals surface area contributed by atoms with Crippen molar-refractivity contribution in [3.8, 4) is 16.3 Å². The van der Waals surface area contributed by atoms with Crippen LogP contribution in [0.15, 0.2) is 65.1 Å². The lowest BCUT2D eigenvalue weighted by Gasteiger charge is -2.11. The summed E-state index contributed by atoms with van der Waals surface area (Å²) in [6.45, 7) is 0. The molecule has 0 atom stereocenters. The number of hydrogen-bond acceptors (Lipinski definition) is 4. The molecule has 31 heavy (non-hydrogen) atoms. The molecule has 0 saturated carbocycles. The van der Waals surface area contributed by atoms with E-state index in [-0.39, 0.29) is 5.91 Å². The number of rotatable bonds is 5. The van der Waals surface area contributed by atoms with Gasteiger partial charge in [-0.1, -0.05) is 51.3 Å². The molecule has 156 valence electrons. The van der Waals surface area contributed by atoms with Gasteiger partial charge in [-0.15, -0.1) is 11.3 Å². The van der Waals surface area contributed by atoms with Crippen molar-refractivity contribution in [2.45, 2.75) is 0 Å². The normalized spacial score (nSPS) is 11.2.